The SMILES string of the molecule is CC(C)(C(=O)O)C(=O)NCC(F)(F)F. The Kier molecular flexibility index (Phi) is 3.50. The molecule has 2 N–H and O–H groups in total. The summed E-state index contributed by atoms with van der Waals surface area (Å²) in [6.45, 7) is 0.532. The summed E-state index contributed by atoms with van der Waals surface area (Å²) in [4.78, 5) is 21.4. The van der Waals surface area contributed by atoms with Gasteiger partial charge in [-0.1, -0.05) is 0 Å². The summed E-state index contributed by atoms with van der Waals surface area (Å²) in [5.41, 5.74) is -1.86. The molecule has 0 aromatic carbocycles. The van der Waals surface area contributed by atoms with Crippen LogP contribution in [0, 0.1) is 5.41 Å². The Morgan fingerprint density at radius 3 is 2.00 bits per heavy atom. The highest BCUT2D eigenvalue weighted by Gasteiger charge is 2.38. The number of amides is 1. The van der Waals surface area contributed by atoms with Crippen molar-refractivity contribution < 1.29 is 27.9 Å². The van der Waals surface area contributed by atoms with Gasteiger partial charge in [0.2, 0.25) is 5.91 Å². The highest BCUT2D eigenvalue weighted by Crippen LogP contribution is 2.17. The van der Waals surface area contributed by atoms with E-state index in [1.165, 1.54) is 5.32 Å². The molecule has 0 aromatic heterocycles. The van der Waals surface area contributed by atoms with E-state index in [1.54, 1.807) is 0 Å². The lowest BCUT2D eigenvalue weighted by Gasteiger charge is -2.18. The lowest BCUT2D eigenvalue weighted by atomic mass is 9.93. The van der Waals surface area contributed by atoms with Crippen molar-refractivity contribution in [3.05, 3.63) is 0 Å². The van der Waals surface area contributed by atoms with Gasteiger partial charge in [-0.25, -0.2) is 0 Å². The molecule has 0 aliphatic heterocycles. The molecule has 0 aliphatic rings. The Morgan fingerprint density at radius 1 is 1.29 bits per heavy atom. The van der Waals surface area contributed by atoms with E-state index < -0.39 is 30.0 Å². The van der Waals surface area contributed by atoms with Crippen molar-refractivity contribution in [3.63, 3.8) is 0 Å². The van der Waals surface area contributed by atoms with Gasteiger partial charge in [-0.3, -0.25) is 9.59 Å². The second-order valence-corrected chi connectivity index (χ2v) is 3.23. The number of alkyl halides is 3. The predicted molar refractivity (Wildman–Crippen MR) is 40.5 cm³/mol. The number of aliphatic carboxylic acids is 1. The summed E-state index contributed by atoms with van der Waals surface area (Å²) < 4.78 is 34.9. The highest BCUT2D eigenvalue weighted by atomic mass is 19.4. The van der Waals surface area contributed by atoms with Crippen LogP contribution < -0.4 is 5.32 Å². The minimum atomic E-state index is -4.54. The Morgan fingerprint density at radius 2 is 1.71 bits per heavy atom. The van der Waals surface area contributed by atoms with Crippen LogP contribution in [0.2, 0.25) is 0 Å². The number of carbonyl (C=O) groups excluding carboxylic acids is 1. The quantitative estimate of drug-likeness (QED) is 0.680. The molecule has 0 aromatic rings. The standard InChI is InChI=1S/C7H10F3NO3/c1-6(2,5(13)14)4(12)11-3-7(8,9)10/h3H2,1-2H3,(H,11,12)(H,13,14). The first kappa shape index (κ1) is 12.7. The van der Waals surface area contributed by atoms with E-state index in [-0.39, 0.29) is 0 Å². The lowest BCUT2D eigenvalue weighted by Crippen LogP contribution is -2.45. The van der Waals surface area contributed by atoms with Crippen LogP contribution in [0.1, 0.15) is 13.8 Å². The zero-order valence-corrected chi connectivity index (χ0v) is 7.60. The van der Waals surface area contributed by atoms with Crippen LogP contribution >= 0.6 is 0 Å². The van der Waals surface area contributed by atoms with Gasteiger partial charge < -0.3 is 10.4 Å². The number of hydrogen-bond acceptors (Lipinski definition) is 2. The monoisotopic (exact) mass is 213 g/mol. The van der Waals surface area contributed by atoms with Crippen LogP contribution in [0.15, 0.2) is 0 Å². The van der Waals surface area contributed by atoms with Crippen LogP contribution in [-0.2, 0) is 9.59 Å². The molecule has 0 saturated carbocycles. The molecule has 0 unspecified atom stereocenters. The van der Waals surface area contributed by atoms with Gasteiger partial charge in [-0.15, -0.1) is 0 Å². The summed E-state index contributed by atoms with van der Waals surface area (Å²) in [6, 6.07) is 0. The number of nitrogens with one attached hydrogen (secondary N) is 1. The summed E-state index contributed by atoms with van der Waals surface area (Å²) in [5.74, 6) is -2.64. The van der Waals surface area contributed by atoms with Gasteiger partial charge in [0.05, 0.1) is 0 Å². The van der Waals surface area contributed by atoms with E-state index in [9.17, 15) is 22.8 Å². The first-order chi connectivity index (χ1) is 6.07. The summed E-state index contributed by atoms with van der Waals surface area (Å²) >= 11 is 0. The summed E-state index contributed by atoms with van der Waals surface area (Å²) in [7, 11) is 0. The van der Waals surface area contributed by atoms with Crippen molar-refractivity contribution in [1.82, 2.24) is 5.32 Å². The summed E-state index contributed by atoms with van der Waals surface area (Å²) in [6.07, 6.45) is -4.54. The molecule has 0 rings (SSSR count). The highest BCUT2D eigenvalue weighted by molar-refractivity contribution is 6.00. The average molecular weight is 213 g/mol. The molecule has 14 heavy (non-hydrogen) atoms. The van der Waals surface area contributed by atoms with Gasteiger partial charge in [0.15, 0.2) is 0 Å². The number of carboxylic acid groups (broad SMARTS) is 1. The molecule has 0 aliphatic carbocycles. The predicted octanol–water partition coefficient (Wildman–Crippen LogP) is 0.776. The van der Waals surface area contributed by atoms with Crippen LogP contribution in [0.25, 0.3) is 0 Å². The van der Waals surface area contributed by atoms with E-state index in [1.807, 2.05) is 0 Å². The maximum absolute atomic E-state index is 11.6. The molecule has 0 atom stereocenters. The van der Waals surface area contributed by atoms with Crippen molar-refractivity contribution in [1.29, 1.82) is 0 Å². The summed E-state index contributed by atoms with van der Waals surface area (Å²) in [5, 5.41) is 10.00. The second-order valence-electron chi connectivity index (χ2n) is 3.23. The van der Waals surface area contributed by atoms with E-state index in [2.05, 4.69) is 0 Å². The Hall–Kier alpha value is -1.27. The number of rotatable bonds is 3. The molecule has 1 amide bonds. The Bertz CT molecular complexity index is 247. The minimum absolute atomic E-state index is 1.03. The van der Waals surface area contributed by atoms with Crippen LogP contribution in [-0.4, -0.2) is 29.7 Å². The largest absolute Gasteiger partial charge is 0.480 e. The van der Waals surface area contributed by atoms with E-state index in [4.69, 9.17) is 5.11 Å². The van der Waals surface area contributed by atoms with Gasteiger partial charge in [-0.05, 0) is 13.8 Å². The van der Waals surface area contributed by atoms with Gasteiger partial charge in [0.1, 0.15) is 12.0 Å². The smallest absolute Gasteiger partial charge is 0.405 e. The third-order valence-corrected chi connectivity index (χ3v) is 1.55. The first-order valence-corrected chi connectivity index (χ1v) is 3.66. The normalized spacial score (nSPS) is 12.4. The number of carboxylic acids is 1. The Labute approximate surface area is 78.1 Å². The van der Waals surface area contributed by atoms with Crippen LogP contribution in [0.5, 0.6) is 0 Å². The Balaban J connectivity index is 4.30. The number of carbonyl (C=O) groups is 2. The van der Waals surface area contributed by atoms with Crippen molar-refractivity contribution >= 4 is 11.9 Å². The van der Waals surface area contributed by atoms with Crippen molar-refractivity contribution in [2.75, 3.05) is 6.54 Å². The zero-order chi connectivity index (χ0) is 11.6. The molecule has 0 spiro atoms. The fourth-order valence-electron chi connectivity index (χ4n) is 0.499. The average Bonchev–Trinajstić information content (AvgIpc) is 1.98. The van der Waals surface area contributed by atoms with Crippen LogP contribution in [0.3, 0.4) is 0 Å². The van der Waals surface area contributed by atoms with Gasteiger partial charge >= 0.3 is 12.1 Å². The molecule has 0 radical (unpaired) electrons. The number of halogens is 3. The zero-order valence-electron chi connectivity index (χ0n) is 7.60. The van der Waals surface area contributed by atoms with E-state index in [0.717, 1.165) is 13.8 Å². The molecular weight excluding hydrogens is 203 g/mol. The minimum Gasteiger partial charge on any atom is -0.480 e. The number of hydrogen-bond donors (Lipinski definition) is 2. The van der Waals surface area contributed by atoms with Gasteiger partial charge in [0, 0.05) is 0 Å². The first-order valence-electron chi connectivity index (χ1n) is 3.66. The van der Waals surface area contributed by atoms with Crippen LogP contribution in [0.4, 0.5) is 13.2 Å². The molecule has 7 heteroatoms. The second kappa shape index (κ2) is 3.85. The molecule has 82 valence electrons. The molecule has 0 fully saturated rings. The topological polar surface area (TPSA) is 66.4 Å². The fourth-order valence-corrected chi connectivity index (χ4v) is 0.499. The van der Waals surface area contributed by atoms with E-state index in [0.29, 0.717) is 0 Å². The molecule has 0 saturated heterocycles. The third kappa shape index (κ3) is 3.63. The molecular formula is C7H10F3NO3. The van der Waals surface area contributed by atoms with Crippen molar-refractivity contribution in [2.24, 2.45) is 5.41 Å². The molecule has 0 heterocycles. The van der Waals surface area contributed by atoms with Gasteiger partial charge in [0.25, 0.3) is 0 Å². The van der Waals surface area contributed by atoms with Gasteiger partial charge in [-0.2, -0.15) is 13.2 Å². The van der Waals surface area contributed by atoms with E-state index >= 15 is 0 Å². The maximum atomic E-state index is 11.6. The molecule has 4 nitrogen and oxygen atoms in total. The molecule has 0 bridgehead atoms. The fraction of sp³-hybridized carbons (Fsp3) is 0.714. The van der Waals surface area contributed by atoms with Crippen molar-refractivity contribution in [3.8, 4) is 0 Å². The van der Waals surface area contributed by atoms with Crippen molar-refractivity contribution in [2.45, 2.75) is 20.0 Å². The maximum Gasteiger partial charge on any atom is 0.405 e. The third-order valence-electron chi connectivity index (χ3n) is 1.55. The lowest BCUT2D eigenvalue weighted by molar-refractivity contribution is -0.157.